The predicted molar refractivity (Wildman–Crippen MR) is 81.4 cm³/mol. The lowest BCUT2D eigenvalue weighted by atomic mass is 9.94. The van der Waals surface area contributed by atoms with Gasteiger partial charge < -0.3 is 5.11 Å². The fraction of sp³-hybridized carbons (Fsp3) is 0. The molecular weight excluding hydrogens is 272 g/mol. The molecule has 2 nitrogen and oxygen atoms in total. The van der Waals surface area contributed by atoms with Gasteiger partial charge in [0.2, 0.25) is 0 Å². The summed E-state index contributed by atoms with van der Waals surface area (Å²) in [6, 6.07) is 18.9. The fourth-order valence-electron chi connectivity index (χ4n) is 2.43. The maximum absolute atomic E-state index is 11.5. The molecule has 98 valence electrons. The molecule has 0 unspecified atom stereocenters. The van der Waals surface area contributed by atoms with Gasteiger partial charge in [0.05, 0.1) is 10.6 Å². The number of carbonyl (C=O) groups is 1. The van der Waals surface area contributed by atoms with Gasteiger partial charge in [0.25, 0.3) is 0 Å². The van der Waals surface area contributed by atoms with Gasteiger partial charge in [0.15, 0.2) is 0 Å². The van der Waals surface area contributed by atoms with Crippen LogP contribution in [-0.4, -0.2) is 11.1 Å². The van der Waals surface area contributed by atoms with Crippen LogP contribution in [0.3, 0.4) is 0 Å². The van der Waals surface area contributed by atoms with Crippen LogP contribution >= 0.6 is 11.6 Å². The van der Waals surface area contributed by atoms with Crippen LogP contribution in [0.15, 0.2) is 60.7 Å². The third-order valence-electron chi connectivity index (χ3n) is 3.31. The Morgan fingerprint density at radius 1 is 0.850 bits per heavy atom. The van der Waals surface area contributed by atoms with Gasteiger partial charge in [-0.2, -0.15) is 0 Å². The van der Waals surface area contributed by atoms with Crippen molar-refractivity contribution < 1.29 is 9.90 Å². The van der Waals surface area contributed by atoms with E-state index < -0.39 is 5.97 Å². The molecule has 3 rings (SSSR count). The Labute approximate surface area is 121 Å². The Hall–Kier alpha value is -2.32. The Morgan fingerprint density at radius 3 is 2.30 bits per heavy atom. The fourth-order valence-corrected chi connectivity index (χ4v) is 2.68. The Morgan fingerprint density at radius 2 is 1.50 bits per heavy atom. The van der Waals surface area contributed by atoms with E-state index in [2.05, 4.69) is 0 Å². The van der Waals surface area contributed by atoms with Crippen LogP contribution < -0.4 is 0 Å². The first-order chi connectivity index (χ1) is 9.68. The van der Waals surface area contributed by atoms with Crippen LogP contribution in [0.2, 0.25) is 5.02 Å². The maximum Gasteiger partial charge on any atom is 0.337 e. The largest absolute Gasteiger partial charge is 0.478 e. The van der Waals surface area contributed by atoms with Crippen molar-refractivity contribution in [2.75, 3.05) is 0 Å². The Kier molecular flexibility index (Phi) is 3.17. The number of hydrogen-bond donors (Lipinski definition) is 1. The van der Waals surface area contributed by atoms with Gasteiger partial charge in [-0.05, 0) is 28.0 Å². The minimum atomic E-state index is -1.02. The minimum absolute atomic E-state index is 0.144. The number of fused-ring (bicyclic) bond motifs is 1. The molecule has 0 aromatic heterocycles. The average molecular weight is 283 g/mol. The van der Waals surface area contributed by atoms with E-state index in [0.29, 0.717) is 5.56 Å². The number of carboxylic acids is 1. The van der Waals surface area contributed by atoms with Gasteiger partial charge in [-0.1, -0.05) is 66.2 Å². The van der Waals surface area contributed by atoms with Crippen LogP contribution in [0.4, 0.5) is 0 Å². The second-order valence-corrected chi connectivity index (χ2v) is 4.90. The summed E-state index contributed by atoms with van der Waals surface area (Å²) in [6.07, 6.45) is 0. The molecule has 20 heavy (non-hydrogen) atoms. The van der Waals surface area contributed by atoms with E-state index in [9.17, 15) is 9.90 Å². The number of hydrogen-bond acceptors (Lipinski definition) is 1. The van der Waals surface area contributed by atoms with Crippen LogP contribution in [0.1, 0.15) is 10.4 Å². The standard InChI is InChI=1S/C17H11ClO2/c18-15-10-4-9-14(16(15)17(19)20)13-8-3-6-11-5-1-2-7-12(11)13/h1-10H,(H,19,20). The smallest absolute Gasteiger partial charge is 0.337 e. The zero-order valence-corrected chi connectivity index (χ0v) is 11.3. The number of carboxylic acid groups (broad SMARTS) is 1. The van der Waals surface area contributed by atoms with Gasteiger partial charge in [-0.15, -0.1) is 0 Å². The highest BCUT2D eigenvalue weighted by Crippen LogP contribution is 2.33. The van der Waals surface area contributed by atoms with Crippen molar-refractivity contribution in [2.45, 2.75) is 0 Å². The number of aromatic carboxylic acids is 1. The Balaban J connectivity index is 2.37. The third-order valence-corrected chi connectivity index (χ3v) is 3.62. The molecule has 0 heterocycles. The molecule has 3 heteroatoms. The summed E-state index contributed by atoms with van der Waals surface area (Å²) in [4.78, 5) is 11.5. The van der Waals surface area contributed by atoms with E-state index in [0.717, 1.165) is 16.3 Å². The molecule has 0 saturated heterocycles. The molecule has 0 bridgehead atoms. The molecule has 0 atom stereocenters. The Bertz CT molecular complexity index is 804. The number of halogens is 1. The zero-order chi connectivity index (χ0) is 14.1. The van der Waals surface area contributed by atoms with Crippen molar-refractivity contribution in [2.24, 2.45) is 0 Å². The van der Waals surface area contributed by atoms with Gasteiger partial charge in [-0.25, -0.2) is 4.79 Å². The molecule has 0 aliphatic rings. The van der Waals surface area contributed by atoms with Crippen molar-refractivity contribution in [1.29, 1.82) is 0 Å². The monoisotopic (exact) mass is 282 g/mol. The topological polar surface area (TPSA) is 37.3 Å². The summed E-state index contributed by atoms with van der Waals surface area (Å²) in [6.45, 7) is 0. The number of rotatable bonds is 2. The van der Waals surface area contributed by atoms with Crippen LogP contribution in [-0.2, 0) is 0 Å². The van der Waals surface area contributed by atoms with E-state index in [4.69, 9.17) is 11.6 Å². The predicted octanol–water partition coefficient (Wildman–Crippen LogP) is 4.86. The summed E-state index contributed by atoms with van der Waals surface area (Å²) in [7, 11) is 0. The lowest BCUT2D eigenvalue weighted by molar-refractivity contribution is 0.0698. The highest BCUT2D eigenvalue weighted by atomic mass is 35.5. The van der Waals surface area contributed by atoms with Crippen molar-refractivity contribution in [3.8, 4) is 11.1 Å². The highest BCUT2D eigenvalue weighted by molar-refractivity contribution is 6.34. The van der Waals surface area contributed by atoms with Gasteiger partial charge >= 0.3 is 5.97 Å². The first-order valence-electron chi connectivity index (χ1n) is 6.18. The summed E-state index contributed by atoms with van der Waals surface area (Å²) < 4.78 is 0. The van der Waals surface area contributed by atoms with Gasteiger partial charge in [0.1, 0.15) is 0 Å². The molecule has 0 radical (unpaired) electrons. The molecule has 0 spiro atoms. The van der Waals surface area contributed by atoms with E-state index in [1.54, 1.807) is 18.2 Å². The number of benzene rings is 3. The SMILES string of the molecule is O=C(O)c1c(Cl)cccc1-c1cccc2ccccc12. The quantitative estimate of drug-likeness (QED) is 0.729. The lowest BCUT2D eigenvalue weighted by Crippen LogP contribution is -2.00. The summed E-state index contributed by atoms with van der Waals surface area (Å²) in [5.74, 6) is -1.02. The molecule has 1 N–H and O–H groups in total. The summed E-state index contributed by atoms with van der Waals surface area (Å²) in [5, 5.41) is 11.7. The van der Waals surface area contributed by atoms with Gasteiger partial charge in [-0.3, -0.25) is 0 Å². The van der Waals surface area contributed by atoms with Crippen LogP contribution in [0.25, 0.3) is 21.9 Å². The highest BCUT2D eigenvalue weighted by Gasteiger charge is 2.16. The van der Waals surface area contributed by atoms with E-state index in [1.807, 2.05) is 42.5 Å². The molecule has 0 aliphatic heterocycles. The van der Waals surface area contributed by atoms with E-state index in [1.165, 1.54) is 0 Å². The maximum atomic E-state index is 11.5. The van der Waals surface area contributed by atoms with E-state index in [-0.39, 0.29) is 10.6 Å². The molecule has 3 aromatic rings. The van der Waals surface area contributed by atoms with Gasteiger partial charge in [0, 0.05) is 0 Å². The molecule has 0 aliphatic carbocycles. The molecule has 3 aromatic carbocycles. The zero-order valence-electron chi connectivity index (χ0n) is 10.5. The summed E-state index contributed by atoms with van der Waals surface area (Å²) in [5.41, 5.74) is 1.66. The average Bonchev–Trinajstić information content (AvgIpc) is 2.46. The first kappa shape index (κ1) is 12.7. The lowest BCUT2D eigenvalue weighted by Gasteiger charge is -2.11. The molecular formula is C17H11ClO2. The van der Waals surface area contributed by atoms with Crippen molar-refractivity contribution in [1.82, 2.24) is 0 Å². The normalized spacial score (nSPS) is 10.7. The molecule has 0 fully saturated rings. The molecule has 0 amide bonds. The minimum Gasteiger partial charge on any atom is -0.478 e. The molecule has 0 saturated carbocycles. The van der Waals surface area contributed by atoms with Crippen LogP contribution in [0.5, 0.6) is 0 Å². The van der Waals surface area contributed by atoms with Crippen LogP contribution in [0, 0.1) is 0 Å². The van der Waals surface area contributed by atoms with E-state index >= 15 is 0 Å². The second kappa shape index (κ2) is 4.99. The van der Waals surface area contributed by atoms with Crippen molar-refractivity contribution in [3.63, 3.8) is 0 Å². The second-order valence-electron chi connectivity index (χ2n) is 4.49. The van der Waals surface area contributed by atoms with Crippen molar-refractivity contribution >= 4 is 28.3 Å². The van der Waals surface area contributed by atoms with Crippen molar-refractivity contribution in [3.05, 3.63) is 71.2 Å². The first-order valence-corrected chi connectivity index (χ1v) is 6.56. The summed E-state index contributed by atoms with van der Waals surface area (Å²) >= 11 is 6.04. The third kappa shape index (κ3) is 2.04.